The normalized spacial score (nSPS) is 9.55. The summed E-state index contributed by atoms with van der Waals surface area (Å²) in [6, 6.07) is 12.5. The molecule has 5 heteroatoms. The van der Waals surface area contributed by atoms with Crippen molar-refractivity contribution in [2.75, 3.05) is 6.61 Å². The molecule has 0 aliphatic carbocycles. The molecular formula is C15H11N3O2. The molecule has 20 heavy (non-hydrogen) atoms. The second-order valence-electron chi connectivity index (χ2n) is 4.16. The van der Waals surface area contributed by atoms with Crippen LogP contribution in [0, 0.1) is 29.6 Å². The summed E-state index contributed by atoms with van der Waals surface area (Å²) in [5, 5.41) is 17.6. The molecule has 0 radical (unpaired) electrons. The van der Waals surface area contributed by atoms with Crippen molar-refractivity contribution in [1.82, 2.24) is 4.98 Å². The van der Waals surface area contributed by atoms with E-state index in [1.165, 1.54) is 0 Å². The Balaban J connectivity index is 2.55. The number of hydrogen-bond donors (Lipinski definition) is 1. The maximum atomic E-state index is 11.8. The highest BCUT2D eigenvalue weighted by Crippen LogP contribution is 2.25. The SMILES string of the molecule is Cc1cc(-c2cccc(OCC#N)c2)c(C#N)c(=O)[nH]1. The number of nitrogens with one attached hydrogen (secondary N) is 1. The van der Waals surface area contributed by atoms with Crippen LogP contribution in [0.3, 0.4) is 0 Å². The molecule has 0 fully saturated rings. The van der Waals surface area contributed by atoms with Gasteiger partial charge in [-0.2, -0.15) is 10.5 Å². The summed E-state index contributed by atoms with van der Waals surface area (Å²) in [7, 11) is 0. The van der Waals surface area contributed by atoms with Crippen LogP contribution < -0.4 is 10.3 Å². The molecule has 0 aliphatic heterocycles. The van der Waals surface area contributed by atoms with Crippen molar-refractivity contribution in [3.63, 3.8) is 0 Å². The number of aromatic amines is 1. The fourth-order valence-electron chi connectivity index (χ4n) is 1.90. The lowest BCUT2D eigenvalue weighted by Crippen LogP contribution is -2.12. The van der Waals surface area contributed by atoms with Gasteiger partial charge in [-0.15, -0.1) is 0 Å². The summed E-state index contributed by atoms with van der Waals surface area (Å²) in [5.41, 5.74) is 1.58. The average Bonchev–Trinajstić information content (AvgIpc) is 2.44. The molecule has 2 rings (SSSR count). The number of H-pyrrole nitrogens is 1. The van der Waals surface area contributed by atoms with Crippen LogP contribution in [0.2, 0.25) is 0 Å². The molecule has 0 saturated carbocycles. The van der Waals surface area contributed by atoms with Crippen LogP contribution >= 0.6 is 0 Å². The number of aryl methyl sites for hydroxylation is 1. The smallest absolute Gasteiger partial charge is 0.266 e. The van der Waals surface area contributed by atoms with Crippen LogP contribution in [-0.2, 0) is 0 Å². The van der Waals surface area contributed by atoms with E-state index in [0.717, 1.165) is 0 Å². The molecule has 1 aromatic heterocycles. The summed E-state index contributed by atoms with van der Waals surface area (Å²) >= 11 is 0. The van der Waals surface area contributed by atoms with E-state index in [4.69, 9.17) is 15.3 Å². The summed E-state index contributed by atoms with van der Waals surface area (Å²) in [6.07, 6.45) is 0. The molecule has 0 atom stereocenters. The lowest BCUT2D eigenvalue weighted by atomic mass is 10.0. The van der Waals surface area contributed by atoms with Gasteiger partial charge >= 0.3 is 0 Å². The van der Waals surface area contributed by atoms with Crippen molar-refractivity contribution in [2.24, 2.45) is 0 Å². The van der Waals surface area contributed by atoms with Crippen LogP contribution in [0.4, 0.5) is 0 Å². The third kappa shape index (κ3) is 2.68. The highest BCUT2D eigenvalue weighted by Gasteiger charge is 2.10. The van der Waals surface area contributed by atoms with E-state index in [1.54, 1.807) is 37.3 Å². The summed E-state index contributed by atoms with van der Waals surface area (Å²) in [5.74, 6) is 0.519. The molecule has 0 saturated heterocycles. The third-order valence-electron chi connectivity index (χ3n) is 2.73. The Hall–Kier alpha value is -3.05. The van der Waals surface area contributed by atoms with E-state index in [9.17, 15) is 4.79 Å². The van der Waals surface area contributed by atoms with Gasteiger partial charge < -0.3 is 9.72 Å². The van der Waals surface area contributed by atoms with E-state index < -0.39 is 5.56 Å². The number of pyridine rings is 1. The molecule has 0 unspecified atom stereocenters. The van der Waals surface area contributed by atoms with Gasteiger partial charge in [-0.1, -0.05) is 12.1 Å². The molecule has 98 valence electrons. The molecule has 5 nitrogen and oxygen atoms in total. The van der Waals surface area contributed by atoms with E-state index >= 15 is 0 Å². The monoisotopic (exact) mass is 265 g/mol. The highest BCUT2D eigenvalue weighted by atomic mass is 16.5. The maximum absolute atomic E-state index is 11.8. The zero-order chi connectivity index (χ0) is 14.5. The summed E-state index contributed by atoms with van der Waals surface area (Å²) in [4.78, 5) is 14.4. The largest absolute Gasteiger partial charge is 0.479 e. The number of nitriles is 2. The van der Waals surface area contributed by atoms with Gasteiger partial charge in [0, 0.05) is 11.3 Å². The number of ether oxygens (including phenoxy) is 1. The minimum absolute atomic E-state index is 0.0526. The van der Waals surface area contributed by atoms with Crippen molar-refractivity contribution >= 4 is 0 Å². The first-order valence-corrected chi connectivity index (χ1v) is 5.90. The molecule has 1 N–H and O–H groups in total. The third-order valence-corrected chi connectivity index (χ3v) is 2.73. The minimum Gasteiger partial charge on any atom is -0.479 e. The van der Waals surface area contributed by atoms with E-state index in [-0.39, 0.29) is 12.2 Å². The van der Waals surface area contributed by atoms with Gasteiger partial charge in [0.15, 0.2) is 6.61 Å². The van der Waals surface area contributed by atoms with Gasteiger partial charge in [0.1, 0.15) is 23.5 Å². The van der Waals surface area contributed by atoms with Gasteiger partial charge in [0.25, 0.3) is 5.56 Å². The zero-order valence-electron chi connectivity index (χ0n) is 10.8. The number of aromatic nitrogens is 1. The second kappa shape index (κ2) is 5.73. The Labute approximate surface area is 115 Å². The lowest BCUT2D eigenvalue weighted by molar-refractivity contribution is 0.368. The van der Waals surface area contributed by atoms with E-state index in [0.29, 0.717) is 22.6 Å². The second-order valence-corrected chi connectivity index (χ2v) is 4.16. The Bertz CT molecular complexity index is 779. The number of hydrogen-bond acceptors (Lipinski definition) is 4. The van der Waals surface area contributed by atoms with Crippen LogP contribution in [0.1, 0.15) is 11.3 Å². The minimum atomic E-state index is -0.411. The van der Waals surface area contributed by atoms with Crippen LogP contribution in [-0.4, -0.2) is 11.6 Å². The van der Waals surface area contributed by atoms with Crippen LogP contribution in [0.5, 0.6) is 5.75 Å². The van der Waals surface area contributed by atoms with Crippen LogP contribution in [0.15, 0.2) is 35.1 Å². The van der Waals surface area contributed by atoms with Crippen molar-refractivity contribution in [3.8, 4) is 29.0 Å². The first kappa shape index (κ1) is 13.4. The first-order valence-electron chi connectivity index (χ1n) is 5.90. The Morgan fingerprint density at radius 1 is 1.30 bits per heavy atom. The molecule has 2 aromatic rings. The predicted octanol–water partition coefficient (Wildman–Crippen LogP) is 2.12. The Morgan fingerprint density at radius 3 is 2.80 bits per heavy atom. The maximum Gasteiger partial charge on any atom is 0.266 e. The fraction of sp³-hybridized carbons (Fsp3) is 0.133. The number of rotatable bonds is 3. The summed E-state index contributed by atoms with van der Waals surface area (Å²) in [6.45, 7) is 1.70. The average molecular weight is 265 g/mol. The molecular weight excluding hydrogens is 254 g/mol. The van der Waals surface area contributed by atoms with E-state index in [1.807, 2.05) is 12.1 Å². The topological polar surface area (TPSA) is 89.7 Å². The van der Waals surface area contributed by atoms with Crippen molar-refractivity contribution in [1.29, 1.82) is 10.5 Å². The van der Waals surface area contributed by atoms with Gasteiger partial charge in [-0.05, 0) is 30.7 Å². The molecule has 1 heterocycles. The van der Waals surface area contributed by atoms with Crippen molar-refractivity contribution in [3.05, 3.63) is 51.9 Å². The number of benzene rings is 1. The van der Waals surface area contributed by atoms with Crippen molar-refractivity contribution < 1.29 is 4.74 Å². The Kier molecular flexibility index (Phi) is 3.83. The van der Waals surface area contributed by atoms with Crippen molar-refractivity contribution in [2.45, 2.75) is 6.92 Å². The molecule has 0 amide bonds. The van der Waals surface area contributed by atoms with Gasteiger partial charge in [0.2, 0.25) is 0 Å². The van der Waals surface area contributed by atoms with Crippen LogP contribution in [0.25, 0.3) is 11.1 Å². The van der Waals surface area contributed by atoms with Gasteiger partial charge in [-0.25, -0.2) is 0 Å². The molecule has 0 spiro atoms. The van der Waals surface area contributed by atoms with Gasteiger partial charge in [-0.3, -0.25) is 4.79 Å². The highest BCUT2D eigenvalue weighted by molar-refractivity contribution is 5.71. The molecule has 1 aromatic carbocycles. The van der Waals surface area contributed by atoms with Gasteiger partial charge in [0.05, 0.1) is 0 Å². The molecule has 0 aliphatic rings. The lowest BCUT2D eigenvalue weighted by Gasteiger charge is -2.07. The summed E-state index contributed by atoms with van der Waals surface area (Å²) < 4.78 is 5.22. The van der Waals surface area contributed by atoms with E-state index in [2.05, 4.69) is 4.98 Å². The standard InChI is InChI=1S/C15H11N3O2/c1-10-7-13(14(9-17)15(19)18-10)11-3-2-4-12(8-11)20-6-5-16/h2-4,7-8H,6H2,1H3,(H,18,19). The predicted molar refractivity (Wildman–Crippen MR) is 73.1 cm³/mol. The Morgan fingerprint density at radius 2 is 2.10 bits per heavy atom. The fourth-order valence-corrected chi connectivity index (χ4v) is 1.90. The zero-order valence-corrected chi connectivity index (χ0v) is 10.8. The first-order chi connectivity index (χ1) is 9.65. The quantitative estimate of drug-likeness (QED) is 0.920. The molecule has 0 bridgehead atoms. The number of nitrogens with zero attached hydrogens (tertiary/aromatic N) is 2.